The van der Waals surface area contributed by atoms with Crippen LogP contribution in [0.25, 0.3) is 10.1 Å². The summed E-state index contributed by atoms with van der Waals surface area (Å²) in [5.74, 6) is 0. The molecule has 1 saturated heterocycles. The Morgan fingerprint density at radius 2 is 2.33 bits per heavy atom. The molecule has 6 heteroatoms. The molecule has 1 aromatic heterocycles. The predicted molar refractivity (Wildman–Crippen MR) is 96.4 cm³/mol. The van der Waals surface area contributed by atoms with Gasteiger partial charge in [-0.05, 0) is 37.3 Å². The van der Waals surface area contributed by atoms with E-state index in [2.05, 4.69) is 23.5 Å². The number of likely N-dealkylation sites (tertiary alicyclic amines) is 1. The van der Waals surface area contributed by atoms with Gasteiger partial charge in [0.1, 0.15) is 0 Å². The number of carbonyl (C=O) groups is 1. The van der Waals surface area contributed by atoms with E-state index in [1.54, 1.807) is 11.3 Å². The number of fused-ring (bicyclic) bond motifs is 1. The lowest BCUT2D eigenvalue weighted by Crippen LogP contribution is -2.48. The number of rotatable bonds is 5. The summed E-state index contributed by atoms with van der Waals surface area (Å²) in [7, 11) is 0. The van der Waals surface area contributed by atoms with Crippen molar-refractivity contribution in [2.45, 2.75) is 31.9 Å². The third-order valence-electron chi connectivity index (χ3n) is 4.32. The van der Waals surface area contributed by atoms with E-state index in [1.165, 1.54) is 10.1 Å². The van der Waals surface area contributed by atoms with Crippen LogP contribution in [0.1, 0.15) is 30.7 Å². The number of hydrogen-bond donors (Lipinski definition) is 2. The number of urea groups is 1. The molecule has 24 heavy (non-hydrogen) atoms. The van der Waals surface area contributed by atoms with Crippen molar-refractivity contribution >= 4 is 27.5 Å². The quantitative estimate of drug-likeness (QED) is 0.872. The molecule has 2 heterocycles. The molecule has 2 atom stereocenters. The number of aliphatic hydroxyl groups excluding tert-OH is 1. The minimum Gasteiger partial charge on any atom is -0.394 e. The molecule has 2 amide bonds. The zero-order chi connectivity index (χ0) is 16.9. The summed E-state index contributed by atoms with van der Waals surface area (Å²) in [6, 6.07) is 10.3. The second-order valence-corrected chi connectivity index (χ2v) is 7.28. The van der Waals surface area contributed by atoms with Gasteiger partial charge in [-0.15, -0.1) is 11.3 Å². The Balaban J connectivity index is 1.59. The molecule has 1 fully saturated rings. The largest absolute Gasteiger partial charge is 0.394 e. The number of carbonyl (C=O) groups excluding carboxylic acids is 1. The fraction of sp³-hybridized carbons (Fsp3) is 0.500. The molecule has 0 saturated carbocycles. The first kappa shape index (κ1) is 17.2. The van der Waals surface area contributed by atoms with Crippen LogP contribution in [0.3, 0.4) is 0 Å². The number of piperidine rings is 1. The van der Waals surface area contributed by atoms with Gasteiger partial charge in [0.05, 0.1) is 25.4 Å². The van der Waals surface area contributed by atoms with Crippen molar-refractivity contribution in [3.63, 3.8) is 0 Å². The predicted octanol–water partition coefficient (Wildman–Crippen LogP) is 3.15. The Kier molecular flexibility index (Phi) is 5.71. The molecule has 0 aliphatic carbocycles. The molecule has 3 rings (SSSR count). The van der Waals surface area contributed by atoms with Crippen molar-refractivity contribution in [2.24, 2.45) is 0 Å². The Labute approximate surface area is 146 Å². The molecule has 5 nitrogen and oxygen atoms in total. The maximum atomic E-state index is 12.5. The van der Waals surface area contributed by atoms with E-state index >= 15 is 0 Å². The number of amides is 2. The minimum absolute atomic E-state index is 0.0195. The average molecular weight is 348 g/mol. The summed E-state index contributed by atoms with van der Waals surface area (Å²) in [6.45, 7) is 3.71. The first-order chi connectivity index (χ1) is 11.7. The Hall–Kier alpha value is -1.63. The standard InChI is InChI=1S/C18H24N2O3S/c1-13(17-11-14-5-2-3-7-16(14)24-17)19-18(22)20-8-4-6-15(12-20)23-10-9-21/h2-3,5,7,11,13,15,21H,4,6,8-10,12H2,1H3,(H,19,22)/t13-,15+/m1/s1. The van der Waals surface area contributed by atoms with Crippen molar-refractivity contribution in [3.8, 4) is 0 Å². The van der Waals surface area contributed by atoms with Gasteiger partial charge in [0.2, 0.25) is 0 Å². The molecule has 1 aromatic carbocycles. The Morgan fingerprint density at radius 3 is 3.12 bits per heavy atom. The Bertz CT molecular complexity index is 655. The molecular formula is C18H24N2O3S. The van der Waals surface area contributed by atoms with Crippen LogP contribution in [-0.4, -0.2) is 48.4 Å². The van der Waals surface area contributed by atoms with E-state index < -0.39 is 0 Å². The van der Waals surface area contributed by atoms with Crippen LogP contribution in [0.5, 0.6) is 0 Å². The number of thiophene rings is 1. The molecule has 130 valence electrons. The van der Waals surface area contributed by atoms with Gasteiger partial charge in [0.15, 0.2) is 0 Å². The molecule has 0 spiro atoms. The van der Waals surface area contributed by atoms with Crippen molar-refractivity contribution in [1.29, 1.82) is 0 Å². The van der Waals surface area contributed by atoms with Crippen molar-refractivity contribution in [3.05, 3.63) is 35.2 Å². The third-order valence-corrected chi connectivity index (χ3v) is 5.62. The summed E-state index contributed by atoms with van der Waals surface area (Å²) in [6.07, 6.45) is 1.90. The maximum Gasteiger partial charge on any atom is 0.317 e. The first-order valence-corrected chi connectivity index (χ1v) is 9.25. The monoisotopic (exact) mass is 348 g/mol. The summed E-state index contributed by atoms with van der Waals surface area (Å²) in [5, 5.41) is 13.2. The topological polar surface area (TPSA) is 61.8 Å². The summed E-state index contributed by atoms with van der Waals surface area (Å²) >= 11 is 1.72. The van der Waals surface area contributed by atoms with Crippen LogP contribution >= 0.6 is 11.3 Å². The van der Waals surface area contributed by atoms with Crippen LogP contribution in [-0.2, 0) is 4.74 Å². The second-order valence-electron chi connectivity index (χ2n) is 6.16. The van der Waals surface area contributed by atoms with Crippen LogP contribution in [0.15, 0.2) is 30.3 Å². The van der Waals surface area contributed by atoms with Gasteiger partial charge in [-0.1, -0.05) is 18.2 Å². The smallest absolute Gasteiger partial charge is 0.317 e. The summed E-state index contributed by atoms with van der Waals surface area (Å²) < 4.78 is 6.81. The lowest BCUT2D eigenvalue weighted by atomic mass is 10.1. The van der Waals surface area contributed by atoms with Gasteiger partial charge in [0.25, 0.3) is 0 Å². The molecule has 2 N–H and O–H groups in total. The normalized spacial score (nSPS) is 19.4. The van der Waals surface area contributed by atoms with Gasteiger partial charge < -0.3 is 20.1 Å². The van der Waals surface area contributed by atoms with E-state index in [4.69, 9.17) is 9.84 Å². The minimum atomic E-state index is -0.0442. The van der Waals surface area contributed by atoms with Crippen molar-refractivity contribution in [2.75, 3.05) is 26.3 Å². The van der Waals surface area contributed by atoms with Crippen LogP contribution in [0.4, 0.5) is 4.79 Å². The van der Waals surface area contributed by atoms with Gasteiger partial charge in [0, 0.05) is 22.7 Å². The SMILES string of the molecule is C[C@@H](NC(=O)N1CCC[C@H](OCCO)C1)c1cc2ccccc2s1. The highest BCUT2D eigenvalue weighted by Crippen LogP contribution is 2.29. The third kappa shape index (κ3) is 4.06. The molecule has 0 bridgehead atoms. The highest BCUT2D eigenvalue weighted by atomic mass is 32.1. The van der Waals surface area contributed by atoms with Gasteiger partial charge in [-0.25, -0.2) is 4.79 Å². The first-order valence-electron chi connectivity index (χ1n) is 8.43. The van der Waals surface area contributed by atoms with Gasteiger partial charge in [-0.2, -0.15) is 0 Å². The van der Waals surface area contributed by atoms with E-state index in [9.17, 15) is 4.79 Å². The summed E-state index contributed by atoms with van der Waals surface area (Å²) in [4.78, 5) is 15.5. The lowest BCUT2D eigenvalue weighted by molar-refractivity contribution is -0.00595. The second kappa shape index (κ2) is 7.96. The molecule has 2 aromatic rings. The van der Waals surface area contributed by atoms with E-state index in [-0.39, 0.29) is 24.8 Å². The van der Waals surface area contributed by atoms with E-state index in [0.717, 1.165) is 24.3 Å². The fourth-order valence-corrected chi connectivity index (χ4v) is 4.11. The highest BCUT2D eigenvalue weighted by molar-refractivity contribution is 7.19. The number of ether oxygens (including phenoxy) is 1. The molecule has 1 aliphatic heterocycles. The van der Waals surface area contributed by atoms with Gasteiger partial charge >= 0.3 is 6.03 Å². The Morgan fingerprint density at radius 1 is 1.50 bits per heavy atom. The molecule has 0 radical (unpaired) electrons. The maximum absolute atomic E-state index is 12.5. The number of hydrogen-bond acceptors (Lipinski definition) is 4. The van der Waals surface area contributed by atoms with Crippen LogP contribution in [0.2, 0.25) is 0 Å². The number of aliphatic hydroxyl groups is 1. The molecule has 1 aliphatic rings. The van der Waals surface area contributed by atoms with Crippen LogP contribution in [0, 0.1) is 0 Å². The number of nitrogens with one attached hydrogen (secondary N) is 1. The molecular weight excluding hydrogens is 324 g/mol. The highest BCUT2D eigenvalue weighted by Gasteiger charge is 2.25. The van der Waals surface area contributed by atoms with Crippen molar-refractivity contribution in [1.82, 2.24) is 10.2 Å². The zero-order valence-electron chi connectivity index (χ0n) is 13.9. The van der Waals surface area contributed by atoms with Gasteiger partial charge in [-0.3, -0.25) is 0 Å². The average Bonchev–Trinajstić information content (AvgIpc) is 3.04. The summed E-state index contributed by atoms with van der Waals surface area (Å²) in [5.41, 5.74) is 0. The fourth-order valence-electron chi connectivity index (χ4n) is 3.04. The molecule has 0 unspecified atom stereocenters. The van der Waals surface area contributed by atoms with Crippen LogP contribution < -0.4 is 5.32 Å². The van der Waals surface area contributed by atoms with E-state index in [0.29, 0.717) is 13.2 Å². The lowest BCUT2D eigenvalue weighted by Gasteiger charge is -2.33. The van der Waals surface area contributed by atoms with Crippen molar-refractivity contribution < 1.29 is 14.6 Å². The zero-order valence-corrected chi connectivity index (χ0v) is 14.7. The number of benzene rings is 1. The number of nitrogens with zero attached hydrogens (tertiary/aromatic N) is 1. The van der Waals surface area contributed by atoms with E-state index in [1.807, 2.05) is 24.0 Å².